The first kappa shape index (κ1) is 21.6. The van der Waals surface area contributed by atoms with Crippen molar-refractivity contribution < 1.29 is 22.3 Å². The van der Waals surface area contributed by atoms with Crippen LogP contribution in [0.1, 0.15) is 5.56 Å². The number of amides is 1. The fourth-order valence-electron chi connectivity index (χ4n) is 2.51. The predicted molar refractivity (Wildman–Crippen MR) is 114 cm³/mol. The van der Waals surface area contributed by atoms with Gasteiger partial charge in [0.05, 0.1) is 4.90 Å². The Morgan fingerprint density at radius 1 is 1.03 bits per heavy atom. The lowest BCUT2D eigenvalue weighted by Crippen LogP contribution is -2.20. The van der Waals surface area contributed by atoms with Crippen LogP contribution in [0.15, 0.2) is 71.6 Å². The Kier molecular flexibility index (Phi) is 6.59. The van der Waals surface area contributed by atoms with Crippen molar-refractivity contribution in [3.05, 3.63) is 83.1 Å². The van der Waals surface area contributed by atoms with Gasteiger partial charge in [-0.05, 0) is 73.2 Å². The zero-order valence-corrected chi connectivity index (χ0v) is 17.4. The van der Waals surface area contributed by atoms with Crippen LogP contribution >= 0.6 is 11.6 Å². The summed E-state index contributed by atoms with van der Waals surface area (Å²) in [6.45, 7) is 1.58. The largest absolute Gasteiger partial charge is 0.484 e. The lowest BCUT2D eigenvalue weighted by Gasteiger charge is -2.11. The van der Waals surface area contributed by atoms with Gasteiger partial charge in [0, 0.05) is 16.4 Å². The molecule has 156 valence electrons. The predicted octanol–water partition coefficient (Wildman–Crippen LogP) is 4.61. The van der Waals surface area contributed by atoms with E-state index in [0.29, 0.717) is 16.5 Å². The van der Waals surface area contributed by atoms with Gasteiger partial charge in [-0.1, -0.05) is 17.7 Å². The molecule has 3 aromatic carbocycles. The minimum Gasteiger partial charge on any atom is -0.484 e. The molecule has 1 amide bonds. The van der Waals surface area contributed by atoms with E-state index in [1.54, 1.807) is 18.2 Å². The van der Waals surface area contributed by atoms with Gasteiger partial charge in [-0.25, -0.2) is 12.8 Å². The maximum Gasteiger partial charge on any atom is 0.262 e. The van der Waals surface area contributed by atoms with Crippen molar-refractivity contribution in [2.45, 2.75) is 11.8 Å². The molecule has 0 heterocycles. The highest BCUT2D eigenvalue weighted by atomic mass is 35.5. The summed E-state index contributed by atoms with van der Waals surface area (Å²) in [5.41, 5.74) is 1.69. The molecule has 0 atom stereocenters. The number of hydrogen-bond donors (Lipinski definition) is 2. The zero-order valence-electron chi connectivity index (χ0n) is 15.9. The molecule has 0 spiro atoms. The van der Waals surface area contributed by atoms with Crippen LogP contribution in [0.3, 0.4) is 0 Å². The molecule has 0 saturated carbocycles. The van der Waals surface area contributed by atoms with Crippen LogP contribution in [0.4, 0.5) is 15.8 Å². The van der Waals surface area contributed by atoms with Gasteiger partial charge >= 0.3 is 0 Å². The van der Waals surface area contributed by atoms with Crippen LogP contribution in [0.2, 0.25) is 5.02 Å². The Morgan fingerprint density at radius 2 is 1.70 bits per heavy atom. The highest BCUT2D eigenvalue weighted by molar-refractivity contribution is 7.92. The quantitative estimate of drug-likeness (QED) is 0.553. The van der Waals surface area contributed by atoms with Crippen molar-refractivity contribution in [2.24, 2.45) is 0 Å². The number of carbonyl (C=O) groups is 1. The van der Waals surface area contributed by atoms with Crippen LogP contribution in [0, 0.1) is 12.7 Å². The van der Waals surface area contributed by atoms with Gasteiger partial charge in [-0.3, -0.25) is 9.52 Å². The summed E-state index contributed by atoms with van der Waals surface area (Å²) in [4.78, 5) is 12.1. The summed E-state index contributed by atoms with van der Waals surface area (Å²) < 4.78 is 45.5. The Hall–Kier alpha value is -3.10. The van der Waals surface area contributed by atoms with Gasteiger partial charge in [-0.15, -0.1) is 0 Å². The van der Waals surface area contributed by atoms with Crippen LogP contribution in [0.25, 0.3) is 0 Å². The van der Waals surface area contributed by atoms with E-state index in [4.69, 9.17) is 16.3 Å². The molecule has 0 aromatic heterocycles. The third kappa shape index (κ3) is 5.71. The Balaban J connectivity index is 1.59. The molecular weight excluding hydrogens is 431 g/mol. The number of sulfonamides is 1. The van der Waals surface area contributed by atoms with Crippen molar-refractivity contribution in [3.63, 3.8) is 0 Å². The van der Waals surface area contributed by atoms with E-state index >= 15 is 0 Å². The van der Waals surface area contributed by atoms with Gasteiger partial charge < -0.3 is 10.1 Å². The molecule has 3 aromatic rings. The maximum absolute atomic E-state index is 13.0. The monoisotopic (exact) mass is 448 g/mol. The van der Waals surface area contributed by atoms with E-state index in [2.05, 4.69) is 10.0 Å². The van der Waals surface area contributed by atoms with Crippen molar-refractivity contribution >= 4 is 38.9 Å². The second kappa shape index (κ2) is 9.15. The second-order valence-corrected chi connectivity index (χ2v) is 8.50. The van der Waals surface area contributed by atoms with Crippen LogP contribution in [-0.2, 0) is 14.8 Å². The minimum absolute atomic E-state index is 0.00169. The highest BCUT2D eigenvalue weighted by Crippen LogP contribution is 2.21. The van der Waals surface area contributed by atoms with Crippen molar-refractivity contribution in [1.29, 1.82) is 0 Å². The molecule has 0 saturated heterocycles. The standard InChI is InChI=1S/C21H18ClFN2O4S/c1-14-2-3-15(22)12-20(14)24-21(26)13-29-18-8-10-19(11-9-18)30(27,28)25-17-6-4-16(23)5-7-17/h2-12,25H,13H2,1H3,(H,24,26). The topological polar surface area (TPSA) is 84.5 Å². The summed E-state index contributed by atoms with van der Waals surface area (Å²) in [6.07, 6.45) is 0. The van der Waals surface area contributed by atoms with E-state index < -0.39 is 15.8 Å². The molecule has 0 fully saturated rings. The van der Waals surface area contributed by atoms with Crippen molar-refractivity contribution in [2.75, 3.05) is 16.6 Å². The molecule has 3 rings (SSSR count). The summed E-state index contributed by atoms with van der Waals surface area (Å²) in [7, 11) is -3.84. The Bertz CT molecular complexity index is 1150. The number of carbonyl (C=O) groups excluding carboxylic acids is 1. The number of rotatable bonds is 7. The number of halogens is 2. The molecular formula is C21H18ClFN2O4S. The van der Waals surface area contributed by atoms with Gasteiger partial charge in [-0.2, -0.15) is 0 Å². The number of hydrogen-bond acceptors (Lipinski definition) is 4. The molecule has 30 heavy (non-hydrogen) atoms. The lowest BCUT2D eigenvalue weighted by molar-refractivity contribution is -0.118. The van der Waals surface area contributed by atoms with Crippen molar-refractivity contribution in [3.8, 4) is 5.75 Å². The third-order valence-corrected chi connectivity index (χ3v) is 5.71. The normalized spacial score (nSPS) is 11.0. The fraction of sp³-hybridized carbons (Fsp3) is 0.0952. The number of aryl methyl sites for hydroxylation is 1. The van der Waals surface area contributed by atoms with E-state index in [0.717, 1.165) is 17.7 Å². The van der Waals surface area contributed by atoms with E-state index in [9.17, 15) is 17.6 Å². The van der Waals surface area contributed by atoms with E-state index in [-0.39, 0.29) is 23.1 Å². The summed E-state index contributed by atoms with van der Waals surface area (Å²) in [6, 6.07) is 15.7. The highest BCUT2D eigenvalue weighted by Gasteiger charge is 2.14. The first-order chi connectivity index (χ1) is 14.2. The van der Waals surface area contributed by atoms with Crippen LogP contribution < -0.4 is 14.8 Å². The average molecular weight is 449 g/mol. The number of benzene rings is 3. The molecule has 0 bridgehead atoms. The third-order valence-electron chi connectivity index (χ3n) is 4.07. The number of nitrogens with one attached hydrogen (secondary N) is 2. The van der Waals surface area contributed by atoms with Gasteiger partial charge in [0.1, 0.15) is 11.6 Å². The van der Waals surface area contributed by atoms with Gasteiger partial charge in [0.25, 0.3) is 15.9 Å². The average Bonchev–Trinajstić information content (AvgIpc) is 2.71. The van der Waals surface area contributed by atoms with Crippen LogP contribution in [-0.4, -0.2) is 20.9 Å². The molecule has 9 heteroatoms. The van der Waals surface area contributed by atoms with E-state index in [1.807, 2.05) is 6.92 Å². The minimum atomic E-state index is -3.84. The molecule has 0 aliphatic heterocycles. The van der Waals surface area contributed by atoms with Crippen molar-refractivity contribution in [1.82, 2.24) is 0 Å². The van der Waals surface area contributed by atoms with Crippen LogP contribution in [0.5, 0.6) is 5.75 Å². The SMILES string of the molecule is Cc1ccc(Cl)cc1NC(=O)COc1ccc(S(=O)(=O)Nc2ccc(F)cc2)cc1. The van der Waals surface area contributed by atoms with E-state index in [1.165, 1.54) is 36.4 Å². The Morgan fingerprint density at radius 3 is 2.37 bits per heavy atom. The Labute approximate surface area is 178 Å². The summed E-state index contributed by atoms with van der Waals surface area (Å²) in [5, 5.41) is 3.21. The molecule has 0 aliphatic rings. The molecule has 6 nitrogen and oxygen atoms in total. The number of anilines is 2. The number of ether oxygens (including phenoxy) is 1. The second-order valence-electron chi connectivity index (χ2n) is 6.38. The fourth-order valence-corrected chi connectivity index (χ4v) is 3.74. The molecule has 0 radical (unpaired) electrons. The lowest BCUT2D eigenvalue weighted by atomic mass is 10.2. The smallest absolute Gasteiger partial charge is 0.262 e. The maximum atomic E-state index is 13.0. The summed E-state index contributed by atoms with van der Waals surface area (Å²) >= 11 is 5.93. The van der Waals surface area contributed by atoms with Gasteiger partial charge in [0.15, 0.2) is 6.61 Å². The first-order valence-electron chi connectivity index (χ1n) is 8.80. The molecule has 0 unspecified atom stereocenters. The summed E-state index contributed by atoms with van der Waals surface area (Å²) in [5.74, 6) is -0.516. The zero-order chi connectivity index (χ0) is 21.7. The van der Waals surface area contributed by atoms with Gasteiger partial charge in [0.2, 0.25) is 0 Å². The molecule has 0 aliphatic carbocycles. The molecule has 2 N–H and O–H groups in total. The first-order valence-corrected chi connectivity index (χ1v) is 10.7.